The van der Waals surface area contributed by atoms with E-state index in [1.807, 2.05) is 0 Å². The van der Waals surface area contributed by atoms with Gasteiger partial charge in [0.2, 0.25) is 0 Å². The molecule has 0 bridgehead atoms. The quantitative estimate of drug-likeness (QED) is 0.429. The Morgan fingerprint density at radius 2 is 1.54 bits per heavy atom. The number of carboxylic acids is 2. The molecule has 0 fully saturated rings. The van der Waals surface area contributed by atoms with E-state index in [9.17, 15) is 9.59 Å². The van der Waals surface area contributed by atoms with Crippen LogP contribution in [0.5, 0.6) is 0 Å². The fourth-order valence-corrected chi connectivity index (χ4v) is 0.779. The van der Waals surface area contributed by atoms with Gasteiger partial charge in [0.15, 0.2) is 0 Å². The van der Waals surface area contributed by atoms with Crippen molar-refractivity contribution in [2.75, 3.05) is 26.2 Å². The summed E-state index contributed by atoms with van der Waals surface area (Å²) in [7, 11) is 0. The molecule has 0 atom stereocenters. The van der Waals surface area contributed by atoms with Crippen LogP contribution in [0, 0.1) is 0 Å². The molecule has 71 valence electrons. The molecule has 7 heteroatoms. The first-order chi connectivity index (χ1) is 5.56. The zero-order chi connectivity index (χ0) is 9.56. The van der Waals surface area contributed by atoms with Crippen LogP contribution in [0.4, 0.5) is 0 Å². The Bertz CT molecular complexity index is 160. The predicted octanol–water partition coefficient (Wildman–Crippen LogP) is -1.96. The average molecular weight is 199 g/mol. The van der Waals surface area contributed by atoms with E-state index >= 15 is 0 Å². The Balaban J connectivity index is 0. The number of aliphatic carboxylic acids is 2. The molecular formula is C6H12N2NaO4. The van der Waals surface area contributed by atoms with Crippen molar-refractivity contribution >= 4 is 41.5 Å². The molecule has 0 heterocycles. The molecule has 0 amide bonds. The van der Waals surface area contributed by atoms with Crippen LogP contribution in [0.3, 0.4) is 0 Å². The fraction of sp³-hybridized carbons (Fsp3) is 0.667. The monoisotopic (exact) mass is 199 g/mol. The van der Waals surface area contributed by atoms with Crippen LogP contribution in [0.15, 0.2) is 0 Å². The zero-order valence-corrected chi connectivity index (χ0v) is 9.56. The molecule has 4 N–H and O–H groups in total. The topological polar surface area (TPSA) is 104 Å². The van der Waals surface area contributed by atoms with Crippen LogP contribution in [-0.4, -0.2) is 82.8 Å². The van der Waals surface area contributed by atoms with Crippen molar-refractivity contribution in [3.63, 3.8) is 0 Å². The summed E-state index contributed by atoms with van der Waals surface area (Å²) in [5.74, 6) is -2.10. The Morgan fingerprint density at radius 3 is 1.77 bits per heavy atom. The second-order valence-electron chi connectivity index (χ2n) is 2.29. The number of carbonyl (C=O) groups is 2. The summed E-state index contributed by atoms with van der Waals surface area (Å²) in [6.07, 6.45) is 0. The number of hydrogen-bond donors (Lipinski definition) is 3. The van der Waals surface area contributed by atoms with Crippen molar-refractivity contribution in [2.24, 2.45) is 5.73 Å². The van der Waals surface area contributed by atoms with E-state index in [1.54, 1.807) is 0 Å². The van der Waals surface area contributed by atoms with E-state index in [-0.39, 0.29) is 55.7 Å². The third-order valence-electron chi connectivity index (χ3n) is 1.16. The summed E-state index contributed by atoms with van der Waals surface area (Å²) in [5.41, 5.74) is 5.15. The van der Waals surface area contributed by atoms with Crippen molar-refractivity contribution < 1.29 is 19.8 Å². The van der Waals surface area contributed by atoms with Crippen molar-refractivity contribution in [1.29, 1.82) is 0 Å². The van der Waals surface area contributed by atoms with Crippen LogP contribution < -0.4 is 5.73 Å². The van der Waals surface area contributed by atoms with Gasteiger partial charge in [0.25, 0.3) is 0 Å². The van der Waals surface area contributed by atoms with Gasteiger partial charge in [-0.3, -0.25) is 14.5 Å². The number of nitrogens with two attached hydrogens (primary N) is 1. The Labute approximate surface area is 98.0 Å². The van der Waals surface area contributed by atoms with E-state index in [0.717, 1.165) is 0 Å². The van der Waals surface area contributed by atoms with Crippen LogP contribution in [0.1, 0.15) is 0 Å². The molecule has 0 saturated heterocycles. The number of nitrogens with zero attached hydrogens (tertiary/aromatic N) is 1. The molecule has 0 spiro atoms. The summed E-state index contributed by atoms with van der Waals surface area (Å²) in [4.78, 5) is 21.6. The predicted molar refractivity (Wildman–Crippen MR) is 46.5 cm³/mol. The van der Waals surface area contributed by atoms with Gasteiger partial charge in [0.1, 0.15) is 0 Å². The molecule has 0 aliphatic rings. The molecule has 0 aromatic carbocycles. The molecule has 0 aliphatic carbocycles. The second-order valence-corrected chi connectivity index (χ2v) is 2.29. The summed E-state index contributed by atoms with van der Waals surface area (Å²) in [5, 5.41) is 16.7. The van der Waals surface area contributed by atoms with E-state index in [4.69, 9.17) is 15.9 Å². The third kappa shape index (κ3) is 9.78. The van der Waals surface area contributed by atoms with Gasteiger partial charge in [-0.2, -0.15) is 0 Å². The van der Waals surface area contributed by atoms with Gasteiger partial charge < -0.3 is 15.9 Å². The van der Waals surface area contributed by atoms with Gasteiger partial charge in [-0.25, -0.2) is 0 Å². The third-order valence-corrected chi connectivity index (χ3v) is 1.16. The maximum Gasteiger partial charge on any atom is 0.317 e. The van der Waals surface area contributed by atoms with Crippen molar-refractivity contribution in [2.45, 2.75) is 0 Å². The van der Waals surface area contributed by atoms with Crippen LogP contribution in [0.2, 0.25) is 0 Å². The van der Waals surface area contributed by atoms with Gasteiger partial charge in [0, 0.05) is 42.6 Å². The summed E-state index contributed by atoms with van der Waals surface area (Å²) >= 11 is 0. The number of hydrogen-bond acceptors (Lipinski definition) is 4. The van der Waals surface area contributed by atoms with E-state index in [1.165, 1.54) is 4.90 Å². The first-order valence-corrected chi connectivity index (χ1v) is 3.42. The average Bonchev–Trinajstić information content (AvgIpc) is 1.84. The zero-order valence-electron chi connectivity index (χ0n) is 7.56. The molecule has 0 aromatic rings. The molecular weight excluding hydrogens is 187 g/mol. The minimum atomic E-state index is -1.05. The van der Waals surface area contributed by atoms with Crippen LogP contribution in [0.25, 0.3) is 0 Å². The molecule has 0 saturated carbocycles. The number of carboxylic acid groups (broad SMARTS) is 2. The standard InChI is InChI=1S/C6H12N2O4.Na/c7-1-2-8(3-5(9)10)4-6(11)12;/h1-4,7H2,(H,9,10)(H,11,12);. The SMILES string of the molecule is NCCN(CC(=O)O)CC(=O)O.[Na]. The smallest absolute Gasteiger partial charge is 0.317 e. The van der Waals surface area contributed by atoms with Gasteiger partial charge in [-0.05, 0) is 0 Å². The van der Waals surface area contributed by atoms with Gasteiger partial charge >= 0.3 is 11.9 Å². The van der Waals surface area contributed by atoms with E-state index < -0.39 is 11.9 Å². The summed E-state index contributed by atoms with van der Waals surface area (Å²) in [6, 6.07) is 0. The first-order valence-electron chi connectivity index (χ1n) is 3.42. The van der Waals surface area contributed by atoms with E-state index in [0.29, 0.717) is 0 Å². The normalized spacial score (nSPS) is 9.38. The van der Waals surface area contributed by atoms with Gasteiger partial charge in [-0.15, -0.1) is 0 Å². The molecule has 1 radical (unpaired) electrons. The van der Waals surface area contributed by atoms with Gasteiger partial charge in [0.05, 0.1) is 13.1 Å². The molecule has 0 aromatic heterocycles. The largest absolute Gasteiger partial charge is 0.480 e. The molecule has 6 nitrogen and oxygen atoms in total. The Kier molecular flexibility index (Phi) is 9.98. The van der Waals surface area contributed by atoms with Crippen molar-refractivity contribution in [3.05, 3.63) is 0 Å². The Hall–Kier alpha value is -0.140. The van der Waals surface area contributed by atoms with E-state index in [2.05, 4.69) is 0 Å². The molecule has 0 unspecified atom stereocenters. The minimum absolute atomic E-state index is 0. The van der Waals surface area contributed by atoms with Gasteiger partial charge in [-0.1, -0.05) is 0 Å². The second kappa shape index (κ2) is 8.46. The Morgan fingerprint density at radius 1 is 1.15 bits per heavy atom. The number of rotatable bonds is 6. The first kappa shape index (κ1) is 15.3. The van der Waals surface area contributed by atoms with Crippen molar-refractivity contribution in [1.82, 2.24) is 4.90 Å². The fourth-order valence-electron chi connectivity index (χ4n) is 0.779. The van der Waals surface area contributed by atoms with Crippen LogP contribution >= 0.6 is 0 Å². The molecule has 0 rings (SSSR count). The summed E-state index contributed by atoms with van der Waals surface area (Å²) < 4.78 is 0. The molecule has 13 heavy (non-hydrogen) atoms. The minimum Gasteiger partial charge on any atom is -0.480 e. The summed E-state index contributed by atoms with van der Waals surface area (Å²) in [6.45, 7) is -0.0494. The molecule has 0 aliphatic heterocycles. The maximum atomic E-state index is 10.2. The maximum absolute atomic E-state index is 10.2. The van der Waals surface area contributed by atoms with Crippen molar-refractivity contribution in [3.8, 4) is 0 Å². The van der Waals surface area contributed by atoms with Crippen LogP contribution in [-0.2, 0) is 9.59 Å².